The molecule has 1 saturated heterocycles. The van der Waals surface area contributed by atoms with Crippen molar-refractivity contribution in [2.24, 2.45) is 4.99 Å². The summed E-state index contributed by atoms with van der Waals surface area (Å²) < 4.78 is 18.7. The maximum atomic E-state index is 13.2. The van der Waals surface area contributed by atoms with Crippen molar-refractivity contribution in [2.45, 2.75) is 32.7 Å². The minimum absolute atomic E-state index is 0. The van der Waals surface area contributed by atoms with E-state index in [-0.39, 0.29) is 35.3 Å². The minimum atomic E-state index is -0.190. The molecule has 0 bridgehead atoms. The molecule has 26 heavy (non-hydrogen) atoms. The highest BCUT2D eigenvalue weighted by Crippen LogP contribution is 2.16. The number of ether oxygens (including phenoxy) is 1. The third-order valence-corrected chi connectivity index (χ3v) is 4.43. The van der Waals surface area contributed by atoms with Crippen molar-refractivity contribution < 1.29 is 9.13 Å². The third-order valence-electron chi connectivity index (χ3n) is 4.43. The molecule has 0 amide bonds. The van der Waals surface area contributed by atoms with Crippen LogP contribution in [0.15, 0.2) is 29.3 Å². The molecule has 7 heteroatoms. The van der Waals surface area contributed by atoms with E-state index >= 15 is 0 Å². The van der Waals surface area contributed by atoms with Crippen LogP contribution in [0.1, 0.15) is 26.3 Å². The van der Waals surface area contributed by atoms with Crippen LogP contribution in [0.4, 0.5) is 4.39 Å². The molecule has 1 aliphatic heterocycles. The van der Waals surface area contributed by atoms with Crippen molar-refractivity contribution in [3.05, 3.63) is 35.6 Å². The number of aliphatic imine (C=N–C) groups is 1. The molecule has 0 unspecified atom stereocenters. The second-order valence-electron chi connectivity index (χ2n) is 6.91. The number of halogens is 2. The second kappa shape index (κ2) is 11.7. The summed E-state index contributed by atoms with van der Waals surface area (Å²) in [6, 6.07) is 6.73. The Labute approximate surface area is 173 Å². The average Bonchev–Trinajstić information content (AvgIpc) is 2.60. The smallest absolute Gasteiger partial charge is 0.191 e. The molecule has 2 N–H and O–H groups in total. The van der Waals surface area contributed by atoms with Crippen LogP contribution in [0, 0.1) is 5.82 Å². The molecule has 0 radical (unpaired) electrons. The summed E-state index contributed by atoms with van der Waals surface area (Å²) in [5.41, 5.74) is 0.978. The van der Waals surface area contributed by atoms with Crippen LogP contribution in [0.5, 0.6) is 0 Å². The van der Waals surface area contributed by atoms with Gasteiger partial charge in [0.15, 0.2) is 5.96 Å². The molecule has 1 heterocycles. The van der Waals surface area contributed by atoms with E-state index in [0.29, 0.717) is 13.1 Å². The van der Waals surface area contributed by atoms with Gasteiger partial charge in [0.2, 0.25) is 0 Å². The van der Waals surface area contributed by atoms with Gasteiger partial charge in [-0.05, 0) is 44.9 Å². The number of benzene rings is 1. The zero-order chi connectivity index (χ0) is 18.1. The number of nitrogens with zero attached hydrogens (tertiary/aromatic N) is 2. The molecule has 0 atom stereocenters. The molecule has 0 aromatic heterocycles. The lowest BCUT2D eigenvalue weighted by Gasteiger charge is -2.39. The van der Waals surface area contributed by atoms with Gasteiger partial charge >= 0.3 is 0 Å². The first-order valence-corrected chi connectivity index (χ1v) is 9.10. The lowest BCUT2D eigenvalue weighted by molar-refractivity contribution is -0.00683. The Hall–Kier alpha value is -0.930. The molecule has 1 aromatic rings. The predicted octanol–water partition coefficient (Wildman–Crippen LogP) is 2.65. The van der Waals surface area contributed by atoms with Crippen LogP contribution in [0.25, 0.3) is 0 Å². The van der Waals surface area contributed by atoms with Crippen LogP contribution >= 0.6 is 24.0 Å². The van der Waals surface area contributed by atoms with Gasteiger partial charge in [0.1, 0.15) is 5.82 Å². The van der Waals surface area contributed by atoms with E-state index in [4.69, 9.17) is 9.73 Å². The molecule has 1 aliphatic rings. The number of rotatable bonds is 7. The van der Waals surface area contributed by atoms with Crippen molar-refractivity contribution in [1.82, 2.24) is 15.5 Å². The van der Waals surface area contributed by atoms with Gasteiger partial charge in [-0.25, -0.2) is 4.39 Å². The van der Waals surface area contributed by atoms with E-state index in [1.165, 1.54) is 6.07 Å². The Bertz CT molecular complexity index is 562. The van der Waals surface area contributed by atoms with Crippen molar-refractivity contribution in [3.63, 3.8) is 0 Å². The Kier molecular flexibility index (Phi) is 10.4. The average molecular weight is 478 g/mol. The van der Waals surface area contributed by atoms with Gasteiger partial charge in [0.25, 0.3) is 0 Å². The van der Waals surface area contributed by atoms with E-state index in [0.717, 1.165) is 50.8 Å². The molecule has 0 saturated carbocycles. The summed E-state index contributed by atoms with van der Waals surface area (Å²) in [5, 5.41) is 6.61. The molecular weight excluding hydrogens is 446 g/mol. The first kappa shape index (κ1) is 23.1. The van der Waals surface area contributed by atoms with Crippen LogP contribution in [-0.4, -0.2) is 62.3 Å². The fourth-order valence-electron chi connectivity index (χ4n) is 2.90. The summed E-state index contributed by atoms with van der Waals surface area (Å²) in [4.78, 5) is 7.17. The van der Waals surface area contributed by atoms with E-state index in [2.05, 4.69) is 36.3 Å². The topological polar surface area (TPSA) is 48.9 Å². The first-order valence-electron chi connectivity index (χ1n) is 9.10. The molecule has 0 spiro atoms. The lowest BCUT2D eigenvalue weighted by Crippen LogP contribution is -2.52. The fourth-order valence-corrected chi connectivity index (χ4v) is 2.90. The number of hydrogen-bond donors (Lipinski definition) is 2. The fraction of sp³-hybridized carbons (Fsp3) is 0.632. The summed E-state index contributed by atoms with van der Waals surface area (Å²) in [6.07, 6.45) is 0.759. The first-order chi connectivity index (χ1) is 12.0. The lowest BCUT2D eigenvalue weighted by atomic mass is 10.0. The van der Waals surface area contributed by atoms with E-state index in [1.807, 2.05) is 6.07 Å². The van der Waals surface area contributed by atoms with Crippen LogP contribution in [0.3, 0.4) is 0 Å². The highest BCUT2D eigenvalue weighted by molar-refractivity contribution is 14.0. The maximum Gasteiger partial charge on any atom is 0.191 e. The number of nitrogens with one attached hydrogen (secondary N) is 2. The Morgan fingerprint density at radius 1 is 1.27 bits per heavy atom. The molecule has 1 fully saturated rings. The Balaban J connectivity index is 0.00000338. The summed E-state index contributed by atoms with van der Waals surface area (Å²) in [7, 11) is 0. The van der Waals surface area contributed by atoms with Crippen molar-refractivity contribution in [1.29, 1.82) is 0 Å². The highest BCUT2D eigenvalue weighted by atomic mass is 127. The van der Waals surface area contributed by atoms with Crippen molar-refractivity contribution in [2.75, 3.05) is 45.9 Å². The van der Waals surface area contributed by atoms with Gasteiger partial charge < -0.3 is 15.4 Å². The van der Waals surface area contributed by atoms with Crippen LogP contribution in [-0.2, 0) is 11.2 Å². The SMILES string of the molecule is CCNC(=NCC(C)(C)N1CCOCC1)NCCc1cccc(F)c1.I. The normalized spacial score (nSPS) is 16.1. The van der Waals surface area contributed by atoms with Gasteiger partial charge in [0, 0.05) is 31.7 Å². The highest BCUT2D eigenvalue weighted by Gasteiger charge is 2.28. The largest absolute Gasteiger partial charge is 0.379 e. The molecule has 0 aliphatic carbocycles. The van der Waals surface area contributed by atoms with Gasteiger partial charge in [-0.1, -0.05) is 12.1 Å². The van der Waals surface area contributed by atoms with Crippen molar-refractivity contribution >= 4 is 29.9 Å². The maximum absolute atomic E-state index is 13.2. The molecular formula is C19H32FIN4O. The van der Waals surface area contributed by atoms with Crippen LogP contribution in [0.2, 0.25) is 0 Å². The zero-order valence-corrected chi connectivity index (χ0v) is 18.4. The number of morpholine rings is 1. The van der Waals surface area contributed by atoms with E-state index in [9.17, 15) is 4.39 Å². The van der Waals surface area contributed by atoms with Crippen LogP contribution < -0.4 is 10.6 Å². The monoisotopic (exact) mass is 478 g/mol. The quantitative estimate of drug-likeness (QED) is 0.360. The molecule has 1 aromatic carbocycles. The molecule has 148 valence electrons. The zero-order valence-electron chi connectivity index (χ0n) is 16.1. The minimum Gasteiger partial charge on any atom is -0.379 e. The third kappa shape index (κ3) is 7.75. The van der Waals surface area contributed by atoms with Gasteiger partial charge in [-0.2, -0.15) is 0 Å². The number of guanidine groups is 1. The number of hydrogen-bond acceptors (Lipinski definition) is 3. The van der Waals surface area contributed by atoms with Crippen molar-refractivity contribution in [3.8, 4) is 0 Å². The Morgan fingerprint density at radius 3 is 2.65 bits per heavy atom. The molecule has 2 rings (SSSR count). The van der Waals surface area contributed by atoms with Gasteiger partial charge in [-0.3, -0.25) is 9.89 Å². The van der Waals surface area contributed by atoms with Gasteiger partial charge in [-0.15, -0.1) is 24.0 Å². The van der Waals surface area contributed by atoms with E-state index in [1.54, 1.807) is 12.1 Å². The summed E-state index contributed by atoms with van der Waals surface area (Å²) in [6.45, 7) is 12.2. The predicted molar refractivity (Wildman–Crippen MR) is 116 cm³/mol. The second-order valence-corrected chi connectivity index (χ2v) is 6.91. The van der Waals surface area contributed by atoms with E-state index < -0.39 is 0 Å². The summed E-state index contributed by atoms with van der Waals surface area (Å²) in [5.74, 6) is 0.616. The molecule has 5 nitrogen and oxygen atoms in total. The van der Waals surface area contributed by atoms with Gasteiger partial charge in [0.05, 0.1) is 19.8 Å². The Morgan fingerprint density at radius 2 is 2.00 bits per heavy atom. The summed E-state index contributed by atoms with van der Waals surface area (Å²) >= 11 is 0. The standard InChI is InChI=1S/C19H31FN4O.HI/c1-4-21-18(22-9-8-16-6-5-7-17(20)14-16)23-15-19(2,3)24-10-12-25-13-11-24;/h5-7,14H,4,8-13,15H2,1-3H3,(H2,21,22,23);1H.